The van der Waals surface area contributed by atoms with E-state index in [2.05, 4.69) is 5.48 Å². The van der Waals surface area contributed by atoms with Gasteiger partial charge in [0.1, 0.15) is 4.90 Å². The highest BCUT2D eigenvalue weighted by Crippen LogP contribution is 2.28. The number of hydrogen-bond acceptors (Lipinski definition) is 6. The van der Waals surface area contributed by atoms with E-state index in [9.17, 15) is 13.2 Å². The van der Waals surface area contributed by atoms with Gasteiger partial charge in [0.25, 0.3) is 5.91 Å². The molecule has 8 nitrogen and oxygen atoms in total. The predicted molar refractivity (Wildman–Crippen MR) is 102 cm³/mol. The highest BCUT2D eigenvalue weighted by atomic mass is 35.5. The van der Waals surface area contributed by atoms with E-state index in [0.29, 0.717) is 13.0 Å². The SMILES string of the molecule is C[C@@H]1CN(S(=O)(=O)c2cc(C(=O)NO[C@@H]3CCCCO3)ccc2Cl)C[C@@H](C)O1. The van der Waals surface area contributed by atoms with Gasteiger partial charge in [0.15, 0.2) is 6.29 Å². The fraction of sp³-hybridized carbons (Fsp3) is 0.611. The van der Waals surface area contributed by atoms with Gasteiger partial charge in [0, 0.05) is 31.7 Å². The van der Waals surface area contributed by atoms with E-state index in [4.69, 9.17) is 25.9 Å². The molecule has 2 saturated heterocycles. The van der Waals surface area contributed by atoms with Crippen LogP contribution in [0.1, 0.15) is 43.5 Å². The molecule has 2 heterocycles. The summed E-state index contributed by atoms with van der Waals surface area (Å²) in [7, 11) is -3.87. The molecule has 2 aliphatic heterocycles. The van der Waals surface area contributed by atoms with Crippen molar-refractivity contribution in [3.8, 4) is 0 Å². The van der Waals surface area contributed by atoms with E-state index in [0.717, 1.165) is 12.8 Å². The second-order valence-corrected chi connectivity index (χ2v) is 9.38. The standard InChI is InChI=1S/C18H25ClN2O6S/c1-12-10-21(11-13(2)26-12)28(23,24)16-9-14(6-7-15(16)19)18(22)20-27-17-5-3-4-8-25-17/h6-7,9,12-13,17H,3-5,8,10-11H2,1-2H3,(H,20,22)/t12-,13-,17-/m1/s1. The van der Waals surface area contributed by atoms with Crippen LogP contribution in [-0.4, -0.2) is 56.8 Å². The van der Waals surface area contributed by atoms with Crippen molar-refractivity contribution in [2.45, 2.75) is 56.5 Å². The third kappa shape index (κ3) is 5.03. The number of benzene rings is 1. The summed E-state index contributed by atoms with van der Waals surface area (Å²) in [6, 6.07) is 4.11. The minimum Gasteiger partial charge on any atom is -0.373 e. The number of hydrogen-bond donors (Lipinski definition) is 1. The topological polar surface area (TPSA) is 94.2 Å². The van der Waals surface area contributed by atoms with Crippen LogP contribution in [0.15, 0.2) is 23.1 Å². The summed E-state index contributed by atoms with van der Waals surface area (Å²) in [5.41, 5.74) is 2.46. The molecule has 0 unspecified atom stereocenters. The highest BCUT2D eigenvalue weighted by Gasteiger charge is 2.34. The van der Waals surface area contributed by atoms with Crippen LogP contribution in [0.25, 0.3) is 0 Å². The maximum Gasteiger partial charge on any atom is 0.274 e. The number of carbonyl (C=O) groups is 1. The zero-order valence-corrected chi connectivity index (χ0v) is 17.5. The van der Waals surface area contributed by atoms with E-state index < -0.39 is 22.2 Å². The molecule has 1 aromatic rings. The van der Waals surface area contributed by atoms with Gasteiger partial charge in [-0.2, -0.15) is 4.31 Å². The molecule has 2 aliphatic rings. The average molecular weight is 433 g/mol. The number of morpholine rings is 1. The number of amides is 1. The lowest BCUT2D eigenvalue weighted by Gasteiger charge is -2.34. The van der Waals surface area contributed by atoms with Crippen LogP contribution >= 0.6 is 11.6 Å². The first-order chi connectivity index (χ1) is 13.3. The Kier molecular flexibility index (Phi) is 6.95. The Morgan fingerprint density at radius 3 is 2.61 bits per heavy atom. The maximum atomic E-state index is 13.1. The molecular formula is C18H25ClN2O6S. The number of nitrogens with zero attached hydrogens (tertiary/aromatic N) is 1. The van der Waals surface area contributed by atoms with E-state index in [1.54, 1.807) is 0 Å². The number of carbonyl (C=O) groups excluding carboxylic acids is 1. The first-order valence-corrected chi connectivity index (χ1v) is 11.1. The quantitative estimate of drug-likeness (QED) is 0.717. The average Bonchev–Trinajstić information content (AvgIpc) is 2.66. The first-order valence-electron chi connectivity index (χ1n) is 9.30. The predicted octanol–water partition coefficient (Wildman–Crippen LogP) is 2.33. The van der Waals surface area contributed by atoms with Crippen molar-refractivity contribution in [2.24, 2.45) is 0 Å². The third-order valence-electron chi connectivity index (χ3n) is 4.62. The van der Waals surface area contributed by atoms with Gasteiger partial charge in [0.2, 0.25) is 10.0 Å². The van der Waals surface area contributed by atoms with Crippen molar-refractivity contribution < 1.29 is 27.5 Å². The number of rotatable bonds is 5. The van der Waals surface area contributed by atoms with Crippen LogP contribution in [0.4, 0.5) is 0 Å². The van der Waals surface area contributed by atoms with Gasteiger partial charge in [-0.3, -0.25) is 4.79 Å². The van der Waals surface area contributed by atoms with Crippen molar-refractivity contribution in [3.05, 3.63) is 28.8 Å². The van der Waals surface area contributed by atoms with Crippen LogP contribution in [0, 0.1) is 0 Å². The Balaban J connectivity index is 1.75. The van der Waals surface area contributed by atoms with Crippen LogP contribution in [0.5, 0.6) is 0 Å². The summed E-state index contributed by atoms with van der Waals surface area (Å²) in [6.07, 6.45) is 1.66. The zero-order chi connectivity index (χ0) is 20.3. The molecule has 0 spiro atoms. The number of ether oxygens (including phenoxy) is 2. The van der Waals surface area contributed by atoms with Gasteiger partial charge in [0.05, 0.1) is 17.2 Å². The van der Waals surface area contributed by atoms with Crippen molar-refractivity contribution in [1.29, 1.82) is 0 Å². The molecule has 1 N–H and O–H groups in total. The number of sulfonamides is 1. The van der Waals surface area contributed by atoms with Gasteiger partial charge in [-0.25, -0.2) is 18.7 Å². The fourth-order valence-electron chi connectivity index (χ4n) is 3.29. The molecule has 156 valence electrons. The van der Waals surface area contributed by atoms with Gasteiger partial charge < -0.3 is 9.47 Å². The molecular weight excluding hydrogens is 408 g/mol. The largest absolute Gasteiger partial charge is 0.373 e. The Bertz CT molecular complexity index is 802. The minimum atomic E-state index is -3.87. The second-order valence-electron chi connectivity index (χ2n) is 7.07. The van der Waals surface area contributed by atoms with Crippen LogP contribution in [-0.2, 0) is 24.3 Å². The molecule has 0 bridgehead atoms. The molecule has 10 heteroatoms. The van der Waals surface area contributed by atoms with Gasteiger partial charge in [-0.1, -0.05) is 11.6 Å². The molecule has 3 atom stereocenters. The fourth-order valence-corrected chi connectivity index (χ4v) is 5.38. The lowest BCUT2D eigenvalue weighted by molar-refractivity contribution is -0.186. The molecule has 28 heavy (non-hydrogen) atoms. The van der Waals surface area contributed by atoms with E-state index in [1.165, 1.54) is 22.5 Å². The molecule has 0 aliphatic carbocycles. The van der Waals surface area contributed by atoms with Crippen molar-refractivity contribution >= 4 is 27.5 Å². The molecule has 0 radical (unpaired) electrons. The van der Waals surface area contributed by atoms with Crippen LogP contribution in [0.3, 0.4) is 0 Å². The highest BCUT2D eigenvalue weighted by molar-refractivity contribution is 7.89. The normalized spacial score (nSPS) is 26.8. The van der Waals surface area contributed by atoms with Crippen molar-refractivity contribution in [1.82, 2.24) is 9.79 Å². The lowest BCUT2D eigenvalue weighted by Crippen LogP contribution is -2.48. The van der Waals surface area contributed by atoms with Crippen molar-refractivity contribution in [3.63, 3.8) is 0 Å². The molecule has 2 fully saturated rings. The third-order valence-corrected chi connectivity index (χ3v) is 6.93. The second kappa shape index (κ2) is 9.06. The Morgan fingerprint density at radius 1 is 1.25 bits per heavy atom. The Morgan fingerprint density at radius 2 is 1.96 bits per heavy atom. The number of nitrogens with one attached hydrogen (secondary N) is 1. The summed E-state index contributed by atoms with van der Waals surface area (Å²) in [5.74, 6) is -0.564. The lowest BCUT2D eigenvalue weighted by atomic mass is 10.2. The summed E-state index contributed by atoms with van der Waals surface area (Å²) < 4.78 is 38.5. The number of hydroxylamine groups is 1. The Labute approximate surface area is 170 Å². The molecule has 1 aromatic carbocycles. The molecule has 0 saturated carbocycles. The van der Waals surface area contributed by atoms with Crippen LogP contribution in [0.2, 0.25) is 5.02 Å². The van der Waals surface area contributed by atoms with Gasteiger partial charge >= 0.3 is 0 Å². The summed E-state index contributed by atoms with van der Waals surface area (Å²) in [4.78, 5) is 17.5. The van der Waals surface area contributed by atoms with Gasteiger partial charge in [-0.15, -0.1) is 0 Å². The monoisotopic (exact) mass is 432 g/mol. The van der Waals surface area contributed by atoms with E-state index >= 15 is 0 Å². The summed E-state index contributed by atoms with van der Waals surface area (Å²) in [6.45, 7) is 4.66. The Hall–Kier alpha value is -1.23. The molecule has 0 aromatic heterocycles. The minimum absolute atomic E-state index is 0.0554. The zero-order valence-electron chi connectivity index (χ0n) is 15.9. The first kappa shape index (κ1) is 21.5. The summed E-state index contributed by atoms with van der Waals surface area (Å²) >= 11 is 6.16. The number of halogens is 1. The van der Waals surface area contributed by atoms with Gasteiger partial charge in [-0.05, 0) is 44.9 Å². The summed E-state index contributed by atoms with van der Waals surface area (Å²) in [5, 5.41) is 0.0554. The molecule has 1 amide bonds. The van der Waals surface area contributed by atoms with E-state index in [1.807, 2.05) is 13.8 Å². The smallest absolute Gasteiger partial charge is 0.274 e. The van der Waals surface area contributed by atoms with Crippen molar-refractivity contribution in [2.75, 3.05) is 19.7 Å². The molecule has 3 rings (SSSR count). The maximum absolute atomic E-state index is 13.1. The van der Waals surface area contributed by atoms with E-state index in [-0.39, 0.29) is 40.8 Å². The van der Waals surface area contributed by atoms with Crippen LogP contribution < -0.4 is 5.48 Å².